The highest BCUT2D eigenvalue weighted by Gasteiger charge is 2.43. The minimum Gasteiger partial charge on any atom is -0.449 e. The monoisotopic (exact) mass is 793 g/mol. The number of nitrogen functional groups attached to an aromatic ring is 1. The molecule has 0 spiro atoms. The molecule has 1 aliphatic heterocycles. The molecule has 3 rings (SSSR count). The van der Waals surface area contributed by atoms with E-state index in [0.29, 0.717) is 34.5 Å². The van der Waals surface area contributed by atoms with E-state index in [1.165, 1.54) is 6.33 Å². The van der Waals surface area contributed by atoms with Crippen LogP contribution < -0.4 is 16.8 Å². The number of alkyl carbamates (subject to hydrolysis) is 1. The van der Waals surface area contributed by atoms with Crippen LogP contribution in [0, 0.1) is 0 Å². The number of anilines is 1. The quantitative estimate of drug-likeness (QED) is 0.0253. The maximum Gasteiger partial charge on any atom is 0.490 e. The molecule has 1 saturated heterocycles. The van der Waals surface area contributed by atoms with Crippen LogP contribution in [-0.2, 0) is 41.1 Å². The number of rotatable bonds is 20. The van der Waals surface area contributed by atoms with Crippen LogP contribution >= 0.6 is 45.1 Å². The topological polar surface area (TPSA) is 348 Å². The summed E-state index contributed by atoms with van der Waals surface area (Å²) < 4.78 is 65.4. The van der Waals surface area contributed by atoms with Crippen molar-refractivity contribution in [3.63, 3.8) is 0 Å². The van der Waals surface area contributed by atoms with Gasteiger partial charge in [0, 0.05) is 47.7 Å². The molecule has 1 aliphatic rings. The van der Waals surface area contributed by atoms with Crippen molar-refractivity contribution in [3.8, 4) is 0 Å². The molecule has 0 saturated carbocycles. The molecule has 3 unspecified atom stereocenters. The average Bonchev–Trinajstić information content (AvgIpc) is 3.58. The van der Waals surface area contributed by atoms with Gasteiger partial charge in [0.05, 0.1) is 18.1 Å². The van der Waals surface area contributed by atoms with E-state index in [4.69, 9.17) is 45.5 Å². The number of nitrogens with zero attached hydrogens (tertiary/aromatic N) is 6. The first-order valence-electron chi connectivity index (χ1n) is 13.7. The standard InChI is InChI=1S/C21H34N9O14P3S2/c1-13(2-4-25-21(31)39-5-7-49-48-6-3-22)14-9-30(20-18(14)19(23)26-11-27-20)17-8-15(40-12-28-29-24)16(42-17)10-41-46(35,36)44-47(37,38)43-45(32,33)34/h2,9,11,15-17H,3-8,10,12,22H2,1H3,(H,25,31)(H,35,36)(H,37,38)(H2,23,26,27)(H2,32,33,34)/b13-2+/t15?,16-,17-/m1/s1. The van der Waals surface area contributed by atoms with Gasteiger partial charge in [-0.2, -0.15) is 8.62 Å². The van der Waals surface area contributed by atoms with Gasteiger partial charge in [0.1, 0.15) is 43.5 Å². The number of phosphoric acid groups is 3. The zero-order valence-corrected chi connectivity index (χ0v) is 29.8. The van der Waals surface area contributed by atoms with E-state index < -0.39 is 61.3 Å². The zero-order valence-electron chi connectivity index (χ0n) is 25.5. The van der Waals surface area contributed by atoms with Crippen LogP contribution in [0.25, 0.3) is 27.0 Å². The third-order valence-electron chi connectivity index (χ3n) is 6.12. The smallest absolute Gasteiger partial charge is 0.449 e. The second-order valence-electron chi connectivity index (χ2n) is 9.56. The lowest BCUT2D eigenvalue weighted by Crippen LogP contribution is -2.29. The Hall–Kier alpha value is -2.27. The van der Waals surface area contributed by atoms with Gasteiger partial charge in [-0.25, -0.2) is 28.5 Å². The number of azide groups is 1. The number of allylic oxidation sites excluding steroid dienone is 1. The number of ether oxygens (including phenoxy) is 3. The first-order chi connectivity index (χ1) is 23.1. The van der Waals surface area contributed by atoms with Gasteiger partial charge < -0.3 is 55.1 Å². The molecular formula is C21H34N9O14P3S2. The molecule has 1 amide bonds. The summed E-state index contributed by atoms with van der Waals surface area (Å²) in [7, 11) is -13.7. The number of hydrogen-bond acceptors (Lipinski definition) is 17. The lowest BCUT2D eigenvalue weighted by atomic mass is 10.1. The molecule has 3 heterocycles. The second-order valence-corrected chi connectivity index (χ2v) is 16.7. The summed E-state index contributed by atoms with van der Waals surface area (Å²) in [5, 5.41) is 6.37. The van der Waals surface area contributed by atoms with Crippen molar-refractivity contribution in [2.24, 2.45) is 10.8 Å². The van der Waals surface area contributed by atoms with Gasteiger partial charge >= 0.3 is 29.6 Å². The molecule has 274 valence electrons. The fourth-order valence-electron chi connectivity index (χ4n) is 4.23. The number of nitrogens with one attached hydrogen (secondary N) is 1. The lowest BCUT2D eigenvalue weighted by Gasteiger charge is -2.21. The van der Waals surface area contributed by atoms with E-state index in [0.717, 1.165) is 5.75 Å². The SMILES string of the molecule is C/C(=C\CNC(=O)OCCSSCCN)c1cn([C@H]2CC(OCN=[N+]=[N-])[C@@H](COP(=O)(O)OP(=O)(O)OP(=O)(O)O)O2)c2ncnc(N)c12. The summed E-state index contributed by atoms with van der Waals surface area (Å²) in [6.45, 7) is 1.35. The van der Waals surface area contributed by atoms with Gasteiger partial charge in [-0.05, 0) is 18.0 Å². The maximum absolute atomic E-state index is 12.3. The predicted molar refractivity (Wildman–Crippen MR) is 176 cm³/mol. The van der Waals surface area contributed by atoms with Crippen molar-refractivity contribution >= 4 is 73.6 Å². The summed E-state index contributed by atoms with van der Waals surface area (Å²) >= 11 is 0. The van der Waals surface area contributed by atoms with Crippen LogP contribution in [0.4, 0.5) is 10.6 Å². The van der Waals surface area contributed by atoms with Crippen molar-refractivity contribution in [1.82, 2.24) is 19.9 Å². The molecular weight excluding hydrogens is 759 g/mol. The fourth-order valence-corrected chi connectivity index (χ4v) is 8.95. The summed E-state index contributed by atoms with van der Waals surface area (Å²) in [6.07, 6.45) is 0.934. The predicted octanol–water partition coefficient (Wildman–Crippen LogP) is 2.77. The molecule has 0 aliphatic carbocycles. The summed E-state index contributed by atoms with van der Waals surface area (Å²) in [6, 6.07) is 0. The highest BCUT2D eigenvalue weighted by Crippen LogP contribution is 2.66. The number of phosphoric ester groups is 1. The third kappa shape index (κ3) is 13.4. The van der Waals surface area contributed by atoms with E-state index in [2.05, 4.69) is 33.9 Å². The number of nitrogens with two attached hydrogens (primary N) is 2. The van der Waals surface area contributed by atoms with Crippen LogP contribution in [0.15, 0.2) is 23.7 Å². The van der Waals surface area contributed by atoms with Gasteiger partial charge in [0.25, 0.3) is 0 Å². The number of hydrogen-bond donors (Lipinski definition) is 7. The van der Waals surface area contributed by atoms with Crippen molar-refractivity contribution in [2.75, 3.05) is 50.3 Å². The van der Waals surface area contributed by atoms with Crippen molar-refractivity contribution in [3.05, 3.63) is 34.6 Å². The normalized spacial score (nSPS) is 20.8. The molecule has 28 heteroatoms. The van der Waals surface area contributed by atoms with E-state index in [9.17, 15) is 28.3 Å². The van der Waals surface area contributed by atoms with E-state index in [1.54, 1.807) is 45.4 Å². The van der Waals surface area contributed by atoms with Crippen LogP contribution in [0.2, 0.25) is 0 Å². The van der Waals surface area contributed by atoms with Crippen LogP contribution in [0.1, 0.15) is 25.1 Å². The first-order valence-corrected chi connectivity index (χ1v) is 20.8. The third-order valence-corrected chi connectivity index (χ3v) is 12.3. The highest BCUT2D eigenvalue weighted by atomic mass is 33.1. The van der Waals surface area contributed by atoms with Gasteiger partial charge in [-0.3, -0.25) is 4.52 Å². The number of fused-ring (bicyclic) bond motifs is 1. The van der Waals surface area contributed by atoms with Crippen LogP contribution in [-0.4, -0.2) is 96.9 Å². The molecule has 2 aromatic rings. The molecule has 1 fully saturated rings. The Morgan fingerprint density at radius 2 is 1.96 bits per heavy atom. The summed E-state index contributed by atoms with van der Waals surface area (Å²) in [5.41, 5.74) is 21.8. The van der Waals surface area contributed by atoms with E-state index in [1.807, 2.05) is 0 Å². The number of carbonyl (C=O) groups excluding carboxylic acids is 1. The Bertz CT molecular complexity index is 1670. The Morgan fingerprint density at radius 3 is 2.65 bits per heavy atom. The molecule has 5 atom stereocenters. The van der Waals surface area contributed by atoms with Crippen molar-refractivity contribution in [1.29, 1.82) is 0 Å². The Balaban J connectivity index is 1.76. The molecule has 0 bridgehead atoms. The summed E-state index contributed by atoms with van der Waals surface area (Å²) in [5.74, 6) is 1.52. The maximum atomic E-state index is 12.3. The fraction of sp³-hybridized carbons (Fsp3) is 0.571. The highest BCUT2D eigenvalue weighted by molar-refractivity contribution is 8.76. The number of carbonyl (C=O) groups is 1. The molecule has 23 nitrogen and oxygen atoms in total. The first kappa shape index (κ1) is 41.2. The lowest BCUT2D eigenvalue weighted by molar-refractivity contribution is -0.0582. The molecule has 9 N–H and O–H groups in total. The van der Waals surface area contributed by atoms with Crippen molar-refractivity contribution in [2.45, 2.75) is 31.8 Å². The molecule has 0 aromatic carbocycles. The Kier molecular flexibility index (Phi) is 15.8. The second kappa shape index (κ2) is 18.8. The van der Waals surface area contributed by atoms with Crippen LogP contribution in [0.3, 0.4) is 0 Å². The van der Waals surface area contributed by atoms with Gasteiger partial charge in [-0.1, -0.05) is 32.8 Å². The minimum atomic E-state index is -5.76. The molecule has 2 aromatic heterocycles. The minimum absolute atomic E-state index is 0.0255. The molecule has 49 heavy (non-hydrogen) atoms. The van der Waals surface area contributed by atoms with Gasteiger partial charge in [0.15, 0.2) is 0 Å². The van der Waals surface area contributed by atoms with E-state index >= 15 is 0 Å². The number of aromatic nitrogens is 3. The Labute approximate surface area is 285 Å². The van der Waals surface area contributed by atoms with E-state index in [-0.39, 0.29) is 25.4 Å². The molecule has 0 radical (unpaired) electrons. The van der Waals surface area contributed by atoms with Gasteiger partial charge in [0.2, 0.25) is 0 Å². The summed E-state index contributed by atoms with van der Waals surface area (Å²) in [4.78, 5) is 59.8. The largest absolute Gasteiger partial charge is 0.490 e. The van der Waals surface area contributed by atoms with Gasteiger partial charge in [-0.15, -0.1) is 0 Å². The van der Waals surface area contributed by atoms with Crippen LogP contribution in [0.5, 0.6) is 0 Å². The zero-order chi connectivity index (χ0) is 36.2. The number of amides is 1. The van der Waals surface area contributed by atoms with Crippen molar-refractivity contribution < 1.29 is 65.4 Å². The Morgan fingerprint density at radius 1 is 1.22 bits per heavy atom. The average molecular weight is 794 g/mol.